The molecule has 0 bridgehead atoms. The maximum Gasteiger partial charge on any atom is -0.0210 e. The Balaban J connectivity index is 4.79. The Hall–Kier alpha value is -1.04. The molecule has 0 aromatic rings. The highest BCUT2D eigenvalue weighted by Gasteiger charge is 1.93. The summed E-state index contributed by atoms with van der Waals surface area (Å²) in [5.74, 6) is 0. The number of rotatable bonds is 3. The molecule has 0 fully saturated rings. The fraction of sp³-hybridized carbons (Fsp3) is 0.200. The molecule has 0 spiro atoms. The molecule has 0 radical (unpaired) electrons. The highest BCUT2D eigenvalue weighted by Crippen LogP contribution is 2.13. The average Bonchev–Trinajstić information content (AvgIpc) is 1.88. The van der Waals surface area contributed by atoms with Crippen molar-refractivity contribution in [2.75, 3.05) is 0 Å². The Bertz CT molecular complexity index is 192. The predicted octanol–water partition coefficient (Wildman–Crippen LogP) is 3.25. The van der Waals surface area contributed by atoms with Gasteiger partial charge in [-0.3, -0.25) is 0 Å². The molecule has 0 aromatic heterocycles. The Morgan fingerprint density at radius 1 is 1.10 bits per heavy atom. The van der Waals surface area contributed by atoms with Gasteiger partial charge in [0.1, 0.15) is 0 Å². The zero-order chi connectivity index (χ0) is 8.15. The van der Waals surface area contributed by atoms with Crippen molar-refractivity contribution in [3.05, 3.63) is 48.6 Å². The van der Waals surface area contributed by atoms with Crippen LogP contribution in [0.15, 0.2) is 48.6 Å². The van der Waals surface area contributed by atoms with E-state index in [-0.39, 0.29) is 0 Å². The lowest BCUT2D eigenvalue weighted by atomic mass is 10.0. The van der Waals surface area contributed by atoms with E-state index < -0.39 is 0 Å². The number of hydrogen-bond acceptors (Lipinski definition) is 0. The van der Waals surface area contributed by atoms with Crippen LogP contribution in [-0.2, 0) is 0 Å². The molecule has 0 aliphatic rings. The van der Waals surface area contributed by atoms with Gasteiger partial charge in [-0.05, 0) is 25.0 Å². The third-order valence-corrected chi connectivity index (χ3v) is 1.39. The van der Waals surface area contributed by atoms with Crippen molar-refractivity contribution in [1.82, 2.24) is 0 Å². The molecule has 0 heterocycles. The molecule has 0 N–H and O–H groups in total. The van der Waals surface area contributed by atoms with Gasteiger partial charge in [0.15, 0.2) is 0 Å². The molecular weight excluding hydrogens is 120 g/mol. The van der Waals surface area contributed by atoms with E-state index in [1.807, 2.05) is 19.9 Å². The van der Waals surface area contributed by atoms with E-state index in [1.54, 1.807) is 6.08 Å². The number of hydrogen-bond donors (Lipinski definition) is 0. The van der Waals surface area contributed by atoms with Crippen molar-refractivity contribution in [2.45, 2.75) is 13.8 Å². The van der Waals surface area contributed by atoms with E-state index in [0.29, 0.717) is 0 Å². The van der Waals surface area contributed by atoms with E-state index in [9.17, 15) is 0 Å². The standard InChI is InChI=1S/C10H14/c1-6-9(5)10(7-2)8(3)4/h6-7H,1-3H2,4-5H3/b10-9+. The summed E-state index contributed by atoms with van der Waals surface area (Å²) in [6, 6.07) is 0. The van der Waals surface area contributed by atoms with E-state index in [4.69, 9.17) is 0 Å². The summed E-state index contributed by atoms with van der Waals surface area (Å²) in [6.45, 7) is 15.1. The summed E-state index contributed by atoms with van der Waals surface area (Å²) < 4.78 is 0. The van der Waals surface area contributed by atoms with E-state index in [2.05, 4.69) is 19.7 Å². The summed E-state index contributed by atoms with van der Waals surface area (Å²) in [5.41, 5.74) is 3.25. The van der Waals surface area contributed by atoms with Gasteiger partial charge in [-0.1, -0.05) is 37.5 Å². The predicted molar refractivity (Wildman–Crippen MR) is 47.9 cm³/mol. The van der Waals surface area contributed by atoms with Crippen LogP contribution in [0.3, 0.4) is 0 Å². The maximum absolute atomic E-state index is 3.82. The Morgan fingerprint density at radius 3 is 1.70 bits per heavy atom. The first-order valence-electron chi connectivity index (χ1n) is 3.25. The van der Waals surface area contributed by atoms with Gasteiger partial charge in [-0.15, -0.1) is 0 Å². The van der Waals surface area contributed by atoms with Crippen molar-refractivity contribution >= 4 is 0 Å². The van der Waals surface area contributed by atoms with E-state index in [0.717, 1.165) is 16.7 Å². The second-order valence-electron chi connectivity index (χ2n) is 2.29. The smallest absolute Gasteiger partial charge is 0.0210 e. The van der Waals surface area contributed by atoms with Gasteiger partial charge in [0.05, 0.1) is 0 Å². The third-order valence-electron chi connectivity index (χ3n) is 1.39. The SMILES string of the molecule is C=C/C(C)=C(\C=C)C(=C)C. The normalized spacial score (nSPS) is 11.8. The Labute approximate surface area is 63.3 Å². The lowest BCUT2D eigenvalue weighted by Crippen LogP contribution is -1.82. The van der Waals surface area contributed by atoms with Gasteiger partial charge in [0.2, 0.25) is 0 Å². The molecule has 0 aliphatic carbocycles. The van der Waals surface area contributed by atoms with Gasteiger partial charge in [-0.2, -0.15) is 0 Å². The Kier molecular flexibility index (Phi) is 3.48. The zero-order valence-corrected chi connectivity index (χ0v) is 6.78. The van der Waals surface area contributed by atoms with Gasteiger partial charge >= 0.3 is 0 Å². The van der Waals surface area contributed by atoms with Gasteiger partial charge in [0.25, 0.3) is 0 Å². The minimum Gasteiger partial charge on any atom is -0.0988 e. The van der Waals surface area contributed by atoms with Crippen LogP contribution in [0.2, 0.25) is 0 Å². The third kappa shape index (κ3) is 2.06. The molecule has 0 aromatic carbocycles. The lowest BCUT2D eigenvalue weighted by Gasteiger charge is -2.02. The minimum atomic E-state index is 1.03. The largest absolute Gasteiger partial charge is 0.0988 e. The minimum absolute atomic E-state index is 1.03. The topological polar surface area (TPSA) is 0 Å². The quantitative estimate of drug-likeness (QED) is 0.520. The fourth-order valence-electron chi connectivity index (χ4n) is 0.782. The molecule has 54 valence electrons. The van der Waals surface area contributed by atoms with Crippen LogP contribution in [0, 0.1) is 0 Å². The van der Waals surface area contributed by atoms with Crippen molar-refractivity contribution < 1.29 is 0 Å². The van der Waals surface area contributed by atoms with Crippen LogP contribution in [-0.4, -0.2) is 0 Å². The van der Waals surface area contributed by atoms with Crippen molar-refractivity contribution in [3.63, 3.8) is 0 Å². The molecule has 0 unspecified atom stereocenters. The molecule has 0 nitrogen and oxygen atoms in total. The van der Waals surface area contributed by atoms with Crippen molar-refractivity contribution in [2.24, 2.45) is 0 Å². The van der Waals surface area contributed by atoms with Crippen LogP contribution >= 0.6 is 0 Å². The number of allylic oxidation sites excluding steroid dienone is 5. The Morgan fingerprint density at radius 2 is 1.60 bits per heavy atom. The zero-order valence-electron chi connectivity index (χ0n) is 6.78. The molecule has 0 atom stereocenters. The summed E-state index contributed by atoms with van der Waals surface area (Å²) >= 11 is 0. The molecule has 0 rings (SSSR count). The molecule has 0 amide bonds. The summed E-state index contributed by atoms with van der Waals surface area (Å²) in [4.78, 5) is 0. The van der Waals surface area contributed by atoms with Crippen LogP contribution in [0.4, 0.5) is 0 Å². The van der Waals surface area contributed by atoms with Crippen molar-refractivity contribution in [3.8, 4) is 0 Å². The van der Waals surface area contributed by atoms with E-state index >= 15 is 0 Å². The molecule has 0 saturated heterocycles. The van der Waals surface area contributed by atoms with Crippen LogP contribution in [0.1, 0.15) is 13.8 Å². The molecule has 0 heteroatoms. The monoisotopic (exact) mass is 134 g/mol. The summed E-state index contributed by atoms with van der Waals surface area (Å²) in [6.07, 6.45) is 3.62. The highest BCUT2D eigenvalue weighted by atomic mass is 14.0. The maximum atomic E-state index is 3.82. The van der Waals surface area contributed by atoms with Gasteiger partial charge in [0, 0.05) is 0 Å². The molecule has 10 heavy (non-hydrogen) atoms. The molecular formula is C10H14. The van der Waals surface area contributed by atoms with Gasteiger partial charge in [-0.25, -0.2) is 0 Å². The first-order chi connectivity index (χ1) is 4.63. The first kappa shape index (κ1) is 8.96. The lowest BCUT2D eigenvalue weighted by molar-refractivity contribution is 1.36. The second kappa shape index (κ2) is 3.89. The van der Waals surface area contributed by atoms with Crippen LogP contribution in [0.5, 0.6) is 0 Å². The first-order valence-corrected chi connectivity index (χ1v) is 3.25. The van der Waals surface area contributed by atoms with E-state index in [1.165, 1.54) is 0 Å². The van der Waals surface area contributed by atoms with Crippen molar-refractivity contribution in [1.29, 1.82) is 0 Å². The highest BCUT2D eigenvalue weighted by molar-refractivity contribution is 5.42. The average molecular weight is 134 g/mol. The fourth-order valence-corrected chi connectivity index (χ4v) is 0.782. The van der Waals surface area contributed by atoms with Crippen LogP contribution in [0.25, 0.3) is 0 Å². The molecule has 0 aliphatic heterocycles. The summed E-state index contributed by atoms with van der Waals surface area (Å²) in [5, 5.41) is 0. The van der Waals surface area contributed by atoms with Gasteiger partial charge < -0.3 is 0 Å². The molecule has 0 saturated carbocycles. The summed E-state index contributed by atoms with van der Waals surface area (Å²) in [7, 11) is 0. The van der Waals surface area contributed by atoms with Crippen LogP contribution < -0.4 is 0 Å². The second-order valence-corrected chi connectivity index (χ2v) is 2.29.